The summed E-state index contributed by atoms with van der Waals surface area (Å²) in [4.78, 5) is 21.1. The first-order chi connectivity index (χ1) is 19.1. The lowest BCUT2D eigenvalue weighted by molar-refractivity contribution is -0.133. The Labute approximate surface area is 240 Å². The zero-order chi connectivity index (χ0) is 29.1. The highest BCUT2D eigenvalue weighted by molar-refractivity contribution is 5.83. The molecular weight excluding hydrogens is 502 g/mol. The van der Waals surface area contributed by atoms with E-state index in [0.29, 0.717) is 32.8 Å². The standard InChI is InChI=1S/C33H49N3O4/c1-25(2)40-24-29(37)22-35(17-9-19-39-6)23-32(38)36(21-26-12-14-28(15-13-26)33(3,4)5)18-16-27-20-34-31-11-8-7-10-30(27)31/h7-8,10-15,20,25,29,34,37H,9,16-19,21-24H2,1-6H3. The first-order valence-electron chi connectivity index (χ1n) is 14.5. The van der Waals surface area contributed by atoms with E-state index in [1.165, 1.54) is 16.5 Å². The lowest BCUT2D eigenvalue weighted by Crippen LogP contribution is -2.44. The molecular formula is C33H49N3O4. The molecule has 2 aromatic carbocycles. The van der Waals surface area contributed by atoms with E-state index in [1.54, 1.807) is 7.11 Å². The number of H-pyrrole nitrogens is 1. The number of carbonyl (C=O) groups is 1. The minimum Gasteiger partial charge on any atom is -0.389 e. The number of aliphatic hydroxyl groups is 1. The van der Waals surface area contributed by atoms with Crippen LogP contribution in [0, 0.1) is 0 Å². The molecule has 7 nitrogen and oxygen atoms in total. The molecule has 40 heavy (non-hydrogen) atoms. The van der Waals surface area contributed by atoms with Gasteiger partial charge in [-0.05, 0) is 54.9 Å². The minimum absolute atomic E-state index is 0.0444. The van der Waals surface area contributed by atoms with Crippen molar-refractivity contribution in [2.75, 3.05) is 46.5 Å². The number of aromatic nitrogens is 1. The molecule has 7 heteroatoms. The minimum atomic E-state index is -0.664. The first-order valence-corrected chi connectivity index (χ1v) is 14.5. The van der Waals surface area contributed by atoms with Gasteiger partial charge in [0.25, 0.3) is 0 Å². The van der Waals surface area contributed by atoms with Crippen molar-refractivity contribution in [2.45, 2.75) is 71.6 Å². The van der Waals surface area contributed by atoms with Crippen LogP contribution in [0.5, 0.6) is 0 Å². The number of amides is 1. The number of fused-ring (bicyclic) bond motifs is 1. The number of carbonyl (C=O) groups excluding carboxylic acids is 1. The maximum absolute atomic E-state index is 13.8. The highest BCUT2D eigenvalue weighted by Gasteiger charge is 2.21. The zero-order valence-electron chi connectivity index (χ0n) is 25.3. The summed E-state index contributed by atoms with van der Waals surface area (Å²) >= 11 is 0. The Hall–Kier alpha value is -2.71. The van der Waals surface area contributed by atoms with E-state index < -0.39 is 6.10 Å². The van der Waals surface area contributed by atoms with Crippen molar-refractivity contribution in [2.24, 2.45) is 0 Å². The van der Waals surface area contributed by atoms with Crippen molar-refractivity contribution in [1.82, 2.24) is 14.8 Å². The summed E-state index contributed by atoms with van der Waals surface area (Å²) < 4.78 is 10.9. The molecule has 0 bridgehead atoms. The summed E-state index contributed by atoms with van der Waals surface area (Å²) in [5.41, 5.74) is 4.77. The Balaban J connectivity index is 1.76. The summed E-state index contributed by atoms with van der Waals surface area (Å²) in [5, 5.41) is 11.8. The van der Waals surface area contributed by atoms with Gasteiger partial charge in [0.05, 0.1) is 25.4 Å². The predicted molar refractivity (Wildman–Crippen MR) is 163 cm³/mol. The van der Waals surface area contributed by atoms with Gasteiger partial charge in [-0.2, -0.15) is 0 Å². The molecule has 0 aliphatic rings. The van der Waals surface area contributed by atoms with Crippen molar-refractivity contribution in [3.8, 4) is 0 Å². The number of para-hydroxylation sites is 1. The van der Waals surface area contributed by atoms with Gasteiger partial charge < -0.3 is 24.5 Å². The quantitative estimate of drug-likeness (QED) is 0.241. The first kappa shape index (κ1) is 31.8. The van der Waals surface area contributed by atoms with E-state index in [9.17, 15) is 9.90 Å². The fraction of sp³-hybridized carbons (Fsp3) is 0.545. The topological polar surface area (TPSA) is 78.0 Å². The van der Waals surface area contributed by atoms with Crippen molar-refractivity contribution >= 4 is 16.8 Å². The van der Waals surface area contributed by atoms with E-state index in [2.05, 4.69) is 62.2 Å². The van der Waals surface area contributed by atoms with E-state index >= 15 is 0 Å². The molecule has 0 aliphatic carbocycles. The molecule has 1 unspecified atom stereocenters. The van der Waals surface area contributed by atoms with Crippen molar-refractivity contribution < 1.29 is 19.4 Å². The Morgan fingerprint density at radius 1 is 1.05 bits per heavy atom. The summed E-state index contributed by atoms with van der Waals surface area (Å²) in [7, 11) is 1.68. The average Bonchev–Trinajstić information content (AvgIpc) is 3.32. The lowest BCUT2D eigenvalue weighted by Gasteiger charge is -2.29. The van der Waals surface area contributed by atoms with E-state index in [1.807, 2.05) is 42.0 Å². The van der Waals surface area contributed by atoms with Crippen LogP contribution in [-0.4, -0.2) is 84.5 Å². The van der Waals surface area contributed by atoms with Crippen LogP contribution < -0.4 is 0 Å². The number of benzene rings is 2. The molecule has 2 N–H and O–H groups in total. The van der Waals surface area contributed by atoms with Crippen LogP contribution in [0.25, 0.3) is 10.9 Å². The Bertz CT molecular complexity index is 1170. The molecule has 3 aromatic rings. The number of rotatable bonds is 16. The predicted octanol–water partition coefficient (Wildman–Crippen LogP) is 5.16. The largest absolute Gasteiger partial charge is 0.389 e. The smallest absolute Gasteiger partial charge is 0.237 e. The Morgan fingerprint density at radius 2 is 1.77 bits per heavy atom. The molecule has 1 heterocycles. The number of hydrogen-bond acceptors (Lipinski definition) is 5. The van der Waals surface area contributed by atoms with Gasteiger partial charge in [-0.15, -0.1) is 0 Å². The Morgan fingerprint density at radius 3 is 2.45 bits per heavy atom. The van der Waals surface area contributed by atoms with E-state index in [4.69, 9.17) is 9.47 Å². The molecule has 1 atom stereocenters. The highest BCUT2D eigenvalue weighted by Crippen LogP contribution is 2.23. The van der Waals surface area contributed by atoms with Crippen molar-refractivity contribution in [1.29, 1.82) is 0 Å². The summed E-state index contributed by atoms with van der Waals surface area (Å²) in [6.45, 7) is 13.8. The number of aliphatic hydroxyl groups excluding tert-OH is 1. The second-order valence-electron chi connectivity index (χ2n) is 12.0. The van der Waals surface area contributed by atoms with Crippen molar-refractivity contribution in [3.05, 3.63) is 71.4 Å². The third kappa shape index (κ3) is 10.0. The number of nitrogens with zero attached hydrogens (tertiary/aromatic N) is 2. The third-order valence-electron chi connectivity index (χ3n) is 7.14. The second-order valence-corrected chi connectivity index (χ2v) is 12.0. The SMILES string of the molecule is COCCCN(CC(=O)N(CCc1c[nH]c2ccccc12)Cc1ccc(C(C)(C)C)cc1)CC(O)COC(C)C. The monoisotopic (exact) mass is 551 g/mol. The molecule has 220 valence electrons. The maximum Gasteiger partial charge on any atom is 0.237 e. The highest BCUT2D eigenvalue weighted by atomic mass is 16.5. The molecule has 0 fully saturated rings. The molecule has 1 amide bonds. The number of hydrogen-bond donors (Lipinski definition) is 2. The average molecular weight is 552 g/mol. The number of ether oxygens (including phenoxy) is 2. The van der Waals surface area contributed by atoms with Gasteiger partial charge in [0, 0.05) is 57.0 Å². The van der Waals surface area contributed by atoms with E-state index in [-0.39, 0.29) is 30.6 Å². The molecule has 0 radical (unpaired) electrons. The zero-order valence-corrected chi connectivity index (χ0v) is 25.3. The van der Waals surface area contributed by atoms with Gasteiger partial charge in [0.2, 0.25) is 5.91 Å². The molecule has 3 rings (SSSR count). The molecule has 0 spiro atoms. The third-order valence-corrected chi connectivity index (χ3v) is 7.14. The fourth-order valence-corrected chi connectivity index (χ4v) is 4.83. The molecule has 1 aromatic heterocycles. The summed E-state index contributed by atoms with van der Waals surface area (Å²) in [5.74, 6) is 0.0501. The van der Waals surface area contributed by atoms with Crippen LogP contribution in [0.4, 0.5) is 0 Å². The van der Waals surface area contributed by atoms with Crippen LogP contribution in [0.3, 0.4) is 0 Å². The molecule has 0 saturated heterocycles. The number of nitrogens with one attached hydrogen (secondary N) is 1. The van der Waals surface area contributed by atoms with Crippen molar-refractivity contribution in [3.63, 3.8) is 0 Å². The lowest BCUT2D eigenvalue weighted by atomic mass is 9.87. The van der Waals surface area contributed by atoms with Gasteiger partial charge in [-0.1, -0.05) is 63.2 Å². The normalized spacial score (nSPS) is 12.9. The van der Waals surface area contributed by atoms with Crippen LogP contribution in [0.15, 0.2) is 54.7 Å². The van der Waals surface area contributed by atoms with Crippen LogP contribution in [-0.2, 0) is 32.6 Å². The van der Waals surface area contributed by atoms with Gasteiger partial charge in [-0.3, -0.25) is 9.69 Å². The fourth-order valence-electron chi connectivity index (χ4n) is 4.83. The van der Waals surface area contributed by atoms with Gasteiger partial charge >= 0.3 is 0 Å². The maximum atomic E-state index is 13.8. The number of methoxy groups -OCH3 is 1. The molecule has 0 saturated carbocycles. The van der Waals surface area contributed by atoms with Crippen LogP contribution >= 0.6 is 0 Å². The van der Waals surface area contributed by atoms with Gasteiger partial charge in [0.1, 0.15) is 0 Å². The van der Waals surface area contributed by atoms with Crippen LogP contribution in [0.1, 0.15) is 57.7 Å². The summed E-state index contributed by atoms with van der Waals surface area (Å²) in [6.07, 6.45) is 2.97. The summed E-state index contributed by atoms with van der Waals surface area (Å²) in [6, 6.07) is 16.9. The van der Waals surface area contributed by atoms with Gasteiger partial charge in [0.15, 0.2) is 0 Å². The van der Waals surface area contributed by atoms with E-state index in [0.717, 1.165) is 23.9 Å². The second kappa shape index (κ2) is 15.3. The number of aromatic amines is 1. The van der Waals surface area contributed by atoms with Crippen LogP contribution in [0.2, 0.25) is 0 Å². The molecule has 0 aliphatic heterocycles. The Kier molecular flexibility index (Phi) is 12.2. The van der Waals surface area contributed by atoms with Gasteiger partial charge in [-0.25, -0.2) is 0 Å².